The lowest BCUT2D eigenvalue weighted by atomic mass is 10.2. The molecule has 2 rings (SSSR count). The molecule has 0 fully saturated rings. The van der Waals surface area contributed by atoms with Crippen LogP contribution in [0.4, 0.5) is 0 Å². The molecule has 130 valence electrons. The molecule has 0 unspecified atom stereocenters. The molecule has 6 heteroatoms. The highest BCUT2D eigenvalue weighted by Crippen LogP contribution is 2.36. The standard InChI is InChI=1S/C18H25NO3SSi/c1-18(2,3)24(16-10-6-4-7-11-16,17-12-8-5-9-13-17)22-14-15-23(19,20)21/h4-13H,14-15H2,1-3H3,(H2,19,20,21). The van der Waals surface area contributed by atoms with Gasteiger partial charge in [-0.15, -0.1) is 0 Å². The van der Waals surface area contributed by atoms with Gasteiger partial charge in [-0.3, -0.25) is 0 Å². The van der Waals surface area contributed by atoms with E-state index in [1.807, 2.05) is 36.4 Å². The van der Waals surface area contributed by atoms with Crippen LogP contribution in [0.15, 0.2) is 60.7 Å². The van der Waals surface area contributed by atoms with Crippen LogP contribution in [0, 0.1) is 0 Å². The summed E-state index contributed by atoms with van der Waals surface area (Å²) in [5, 5.41) is 7.23. The molecule has 0 atom stereocenters. The summed E-state index contributed by atoms with van der Waals surface area (Å²) in [6, 6.07) is 20.2. The van der Waals surface area contributed by atoms with Gasteiger partial charge >= 0.3 is 0 Å². The lowest BCUT2D eigenvalue weighted by Gasteiger charge is -2.43. The van der Waals surface area contributed by atoms with Crippen LogP contribution in [0.25, 0.3) is 0 Å². The molecule has 2 aromatic rings. The first-order chi connectivity index (χ1) is 11.2. The molecule has 0 bridgehead atoms. The normalized spacial score (nSPS) is 13.0. The van der Waals surface area contributed by atoms with Crippen molar-refractivity contribution >= 4 is 28.7 Å². The second-order valence-electron chi connectivity index (χ2n) is 6.88. The van der Waals surface area contributed by atoms with Gasteiger partial charge in [0.05, 0.1) is 5.75 Å². The SMILES string of the molecule is CC(C)(C)[Si](OCCS(N)(=O)=O)(c1ccccc1)c1ccccc1. The highest BCUT2D eigenvalue weighted by molar-refractivity contribution is 7.89. The van der Waals surface area contributed by atoms with Gasteiger partial charge in [0, 0.05) is 6.61 Å². The van der Waals surface area contributed by atoms with Crippen LogP contribution in [0.1, 0.15) is 20.8 Å². The van der Waals surface area contributed by atoms with Crippen molar-refractivity contribution in [3.63, 3.8) is 0 Å². The van der Waals surface area contributed by atoms with E-state index in [0.29, 0.717) is 0 Å². The maximum Gasteiger partial charge on any atom is 0.261 e. The minimum atomic E-state index is -3.56. The molecule has 0 aliphatic heterocycles. The van der Waals surface area contributed by atoms with E-state index >= 15 is 0 Å². The minimum Gasteiger partial charge on any atom is -0.406 e. The molecule has 0 aliphatic rings. The summed E-state index contributed by atoms with van der Waals surface area (Å²) in [5.74, 6) is -0.183. The molecule has 0 aromatic heterocycles. The molecular weight excluding hydrogens is 338 g/mol. The van der Waals surface area contributed by atoms with Gasteiger partial charge in [0.15, 0.2) is 0 Å². The Hall–Kier alpha value is -1.47. The Kier molecular flexibility index (Phi) is 5.65. The first kappa shape index (κ1) is 18.9. The molecule has 4 nitrogen and oxygen atoms in total. The average molecular weight is 364 g/mol. The summed E-state index contributed by atoms with van der Waals surface area (Å²) < 4.78 is 29.1. The fourth-order valence-corrected chi connectivity index (χ4v) is 8.10. The van der Waals surface area contributed by atoms with Crippen molar-refractivity contribution in [3.05, 3.63) is 60.7 Å². The van der Waals surface area contributed by atoms with Gasteiger partial charge in [0.25, 0.3) is 8.32 Å². The van der Waals surface area contributed by atoms with Gasteiger partial charge in [0.1, 0.15) is 0 Å². The zero-order valence-corrected chi connectivity index (χ0v) is 16.2. The Balaban J connectivity index is 2.57. The Morgan fingerprint density at radius 2 is 1.33 bits per heavy atom. The van der Waals surface area contributed by atoms with Gasteiger partial charge in [-0.2, -0.15) is 0 Å². The van der Waals surface area contributed by atoms with Crippen LogP contribution < -0.4 is 15.5 Å². The number of benzene rings is 2. The van der Waals surface area contributed by atoms with E-state index in [1.165, 1.54) is 0 Å². The summed E-state index contributed by atoms with van der Waals surface area (Å²) in [7, 11) is -6.23. The zero-order valence-electron chi connectivity index (χ0n) is 14.4. The third kappa shape index (κ3) is 4.13. The topological polar surface area (TPSA) is 69.4 Å². The molecule has 0 aliphatic carbocycles. The van der Waals surface area contributed by atoms with E-state index in [-0.39, 0.29) is 17.4 Å². The molecule has 0 heterocycles. The number of primary sulfonamides is 1. The molecule has 24 heavy (non-hydrogen) atoms. The quantitative estimate of drug-likeness (QED) is 0.797. The molecular formula is C18H25NO3SSi. The van der Waals surface area contributed by atoms with Crippen molar-refractivity contribution in [1.82, 2.24) is 0 Å². The monoisotopic (exact) mass is 363 g/mol. The third-order valence-electron chi connectivity index (χ3n) is 4.10. The van der Waals surface area contributed by atoms with Crippen LogP contribution >= 0.6 is 0 Å². The van der Waals surface area contributed by atoms with E-state index in [2.05, 4.69) is 45.0 Å². The van der Waals surface area contributed by atoms with Crippen molar-refractivity contribution in [2.75, 3.05) is 12.4 Å². The summed E-state index contributed by atoms with van der Waals surface area (Å²) in [6.07, 6.45) is 0. The first-order valence-corrected chi connectivity index (χ1v) is 11.5. The molecule has 0 amide bonds. The Morgan fingerprint density at radius 3 is 1.67 bits per heavy atom. The second-order valence-corrected chi connectivity index (χ2v) is 12.9. The average Bonchev–Trinajstić information content (AvgIpc) is 2.51. The predicted octanol–water partition coefficient (Wildman–Crippen LogP) is 1.85. The van der Waals surface area contributed by atoms with Gasteiger partial charge in [-0.1, -0.05) is 81.4 Å². The minimum absolute atomic E-state index is 0.0894. The van der Waals surface area contributed by atoms with Gasteiger partial charge in [0.2, 0.25) is 10.0 Å². The summed E-state index contributed by atoms with van der Waals surface area (Å²) >= 11 is 0. The maximum absolute atomic E-state index is 11.4. The summed E-state index contributed by atoms with van der Waals surface area (Å²) in [6.45, 7) is 6.54. The molecule has 0 spiro atoms. The first-order valence-electron chi connectivity index (χ1n) is 7.92. The van der Waals surface area contributed by atoms with Crippen LogP contribution in [0.5, 0.6) is 0 Å². The lowest BCUT2D eigenvalue weighted by molar-refractivity contribution is 0.319. The number of nitrogens with two attached hydrogens (primary N) is 1. The van der Waals surface area contributed by atoms with Crippen molar-refractivity contribution < 1.29 is 12.8 Å². The van der Waals surface area contributed by atoms with Crippen molar-refractivity contribution in [1.29, 1.82) is 0 Å². The lowest BCUT2D eigenvalue weighted by Crippen LogP contribution is -2.66. The summed E-state index contributed by atoms with van der Waals surface area (Å²) in [4.78, 5) is 0. The summed E-state index contributed by atoms with van der Waals surface area (Å²) in [5.41, 5.74) is 0. The van der Waals surface area contributed by atoms with Crippen LogP contribution in [-0.4, -0.2) is 29.1 Å². The van der Waals surface area contributed by atoms with Gasteiger partial charge in [-0.05, 0) is 15.4 Å². The van der Waals surface area contributed by atoms with Crippen molar-refractivity contribution in [2.45, 2.75) is 25.8 Å². The Morgan fingerprint density at radius 1 is 0.917 bits per heavy atom. The Labute approximate surface area is 145 Å². The van der Waals surface area contributed by atoms with E-state index < -0.39 is 18.3 Å². The van der Waals surface area contributed by atoms with E-state index in [9.17, 15) is 8.42 Å². The highest BCUT2D eigenvalue weighted by atomic mass is 32.2. The molecule has 2 aromatic carbocycles. The van der Waals surface area contributed by atoms with Gasteiger partial charge in [-0.25, -0.2) is 13.6 Å². The second kappa shape index (κ2) is 7.19. The third-order valence-corrected chi connectivity index (χ3v) is 9.88. The van der Waals surface area contributed by atoms with E-state index in [1.54, 1.807) is 0 Å². The van der Waals surface area contributed by atoms with Crippen molar-refractivity contribution in [3.8, 4) is 0 Å². The number of hydrogen-bond acceptors (Lipinski definition) is 3. The van der Waals surface area contributed by atoms with Gasteiger partial charge < -0.3 is 4.43 Å². The van der Waals surface area contributed by atoms with Crippen LogP contribution in [0.3, 0.4) is 0 Å². The molecule has 2 N–H and O–H groups in total. The molecule has 0 saturated carbocycles. The predicted molar refractivity (Wildman–Crippen MR) is 102 cm³/mol. The van der Waals surface area contributed by atoms with Crippen molar-refractivity contribution in [2.24, 2.45) is 5.14 Å². The van der Waals surface area contributed by atoms with E-state index in [4.69, 9.17) is 9.56 Å². The Bertz CT molecular complexity index is 716. The van der Waals surface area contributed by atoms with Crippen LogP contribution in [-0.2, 0) is 14.4 Å². The van der Waals surface area contributed by atoms with E-state index in [0.717, 1.165) is 10.4 Å². The molecule has 0 radical (unpaired) electrons. The number of sulfonamides is 1. The number of hydrogen-bond donors (Lipinski definition) is 1. The smallest absolute Gasteiger partial charge is 0.261 e. The number of rotatable bonds is 6. The fraction of sp³-hybridized carbons (Fsp3) is 0.333. The van der Waals surface area contributed by atoms with Crippen LogP contribution in [0.2, 0.25) is 5.04 Å². The highest BCUT2D eigenvalue weighted by Gasteiger charge is 2.50. The zero-order chi connectivity index (χ0) is 17.8. The molecule has 0 saturated heterocycles. The largest absolute Gasteiger partial charge is 0.406 e. The maximum atomic E-state index is 11.4. The fourth-order valence-electron chi connectivity index (χ4n) is 3.07.